The molecule has 3 atom stereocenters. The Hall–Kier alpha value is -0.0300. The lowest BCUT2D eigenvalue weighted by Crippen LogP contribution is -2.43. The van der Waals surface area contributed by atoms with Crippen LogP contribution in [0, 0.1) is 5.92 Å². The number of carbonyl (C=O) groups is 1. The van der Waals surface area contributed by atoms with E-state index >= 15 is 0 Å². The van der Waals surface area contributed by atoms with Gasteiger partial charge in [-0.25, -0.2) is 0 Å². The molecule has 1 heterocycles. The van der Waals surface area contributed by atoms with Crippen LogP contribution in [-0.2, 0) is 4.79 Å². The average Bonchev–Trinajstić information content (AvgIpc) is 2.88. The fourth-order valence-electron chi connectivity index (χ4n) is 3.81. The smallest absolute Gasteiger partial charge is 0.222 e. The molecule has 2 rings (SSSR count). The molecule has 0 radical (unpaired) electrons. The van der Waals surface area contributed by atoms with Crippen LogP contribution in [0.1, 0.15) is 51.9 Å². The van der Waals surface area contributed by atoms with Gasteiger partial charge in [0.15, 0.2) is 0 Å². The zero-order valence-corrected chi connectivity index (χ0v) is 15.6. The number of likely N-dealkylation sites (tertiary alicyclic amines) is 1. The van der Waals surface area contributed by atoms with E-state index in [0.717, 1.165) is 25.9 Å². The summed E-state index contributed by atoms with van der Waals surface area (Å²) in [5, 5.41) is 0. The fraction of sp³-hybridized carbons (Fsp3) is 0.938. The van der Waals surface area contributed by atoms with Crippen molar-refractivity contribution in [2.45, 2.75) is 64.0 Å². The number of nitrogens with two attached hydrogens (primary N) is 1. The van der Waals surface area contributed by atoms with Crippen LogP contribution in [0.3, 0.4) is 0 Å². The molecule has 132 valence electrons. The highest BCUT2D eigenvalue weighted by Crippen LogP contribution is 2.26. The maximum Gasteiger partial charge on any atom is 0.222 e. The third-order valence-electron chi connectivity index (χ3n) is 5.22. The first-order valence-corrected chi connectivity index (χ1v) is 8.35. The van der Waals surface area contributed by atoms with E-state index in [1.807, 2.05) is 11.9 Å². The molecule has 1 amide bonds. The zero-order chi connectivity index (χ0) is 14.5. The summed E-state index contributed by atoms with van der Waals surface area (Å²) in [5.41, 5.74) is 6.16. The summed E-state index contributed by atoms with van der Waals surface area (Å²) in [6.07, 6.45) is 7.84. The Morgan fingerprint density at radius 2 is 1.86 bits per heavy atom. The van der Waals surface area contributed by atoms with Crippen LogP contribution in [0.4, 0.5) is 0 Å². The maximum atomic E-state index is 12.4. The highest BCUT2D eigenvalue weighted by atomic mass is 35.5. The van der Waals surface area contributed by atoms with Crippen molar-refractivity contribution < 1.29 is 4.79 Å². The minimum atomic E-state index is 0. The summed E-state index contributed by atoms with van der Waals surface area (Å²) >= 11 is 0. The van der Waals surface area contributed by atoms with Crippen LogP contribution in [0.25, 0.3) is 0 Å². The zero-order valence-electron chi connectivity index (χ0n) is 14.0. The Bertz CT molecular complexity index is 331. The van der Waals surface area contributed by atoms with Gasteiger partial charge in [-0.3, -0.25) is 9.69 Å². The molecule has 4 nitrogen and oxygen atoms in total. The summed E-state index contributed by atoms with van der Waals surface area (Å²) < 4.78 is 0. The van der Waals surface area contributed by atoms with Crippen LogP contribution in [0.15, 0.2) is 0 Å². The van der Waals surface area contributed by atoms with Gasteiger partial charge in [-0.05, 0) is 44.7 Å². The molecule has 1 aliphatic carbocycles. The molecule has 2 fully saturated rings. The van der Waals surface area contributed by atoms with Crippen LogP contribution in [0.2, 0.25) is 0 Å². The van der Waals surface area contributed by atoms with E-state index in [9.17, 15) is 4.79 Å². The topological polar surface area (TPSA) is 49.6 Å². The average molecular weight is 354 g/mol. The molecule has 2 N–H and O–H groups in total. The van der Waals surface area contributed by atoms with Crippen molar-refractivity contribution in [3.63, 3.8) is 0 Å². The van der Waals surface area contributed by atoms with Gasteiger partial charge in [0.25, 0.3) is 0 Å². The SMILES string of the molecule is CCN1CCCC1CN(C)C(=O)CC1CCCCC1N.Cl.Cl. The van der Waals surface area contributed by atoms with E-state index < -0.39 is 0 Å². The van der Waals surface area contributed by atoms with Gasteiger partial charge in [-0.1, -0.05) is 19.8 Å². The Balaban J connectivity index is 0.00000220. The molecular formula is C16H33Cl2N3O. The minimum absolute atomic E-state index is 0. The monoisotopic (exact) mass is 353 g/mol. The summed E-state index contributed by atoms with van der Waals surface area (Å²) in [6, 6.07) is 0.800. The first kappa shape index (κ1) is 22.0. The van der Waals surface area contributed by atoms with Crippen LogP contribution in [0.5, 0.6) is 0 Å². The van der Waals surface area contributed by atoms with Crippen molar-refractivity contribution in [2.75, 3.05) is 26.7 Å². The van der Waals surface area contributed by atoms with E-state index in [4.69, 9.17) is 5.73 Å². The second-order valence-electron chi connectivity index (χ2n) is 6.61. The summed E-state index contributed by atoms with van der Waals surface area (Å²) in [5.74, 6) is 0.694. The number of rotatable bonds is 5. The molecule has 1 saturated heterocycles. The molecule has 1 aliphatic heterocycles. The maximum absolute atomic E-state index is 12.4. The predicted molar refractivity (Wildman–Crippen MR) is 97.0 cm³/mol. The predicted octanol–water partition coefficient (Wildman–Crippen LogP) is 2.68. The van der Waals surface area contributed by atoms with E-state index in [1.165, 1.54) is 32.2 Å². The molecule has 0 aromatic heterocycles. The lowest BCUT2D eigenvalue weighted by atomic mass is 9.83. The second-order valence-corrected chi connectivity index (χ2v) is 6.61. The van der Waals surface area contributed by atoms with Gasteiger partial charge in [0, 0.05) is 32.1 Å². The highest BCUT2D eigenvalue weighted by Gasteiger charge is 2.28. The van der Waals surface area contributed by atoms with Crippen molar-refractivity contribution in [1.82, 2.24) is 9.80 Å². The third kappa shape index (κ3) is 5.88. The normalized spacial score (nSPS) is 28.6. The molecular weight excluding hydrogens is 321 g/mol. The first-order chi connectivity index (χ1) is 9.61. The number of likely N-dealkylation sites (N-methyl/N-ethyl adjacent to an activating group) is 2. The van der Waals surface area contributed by atoms with E-state index in [-0.39, 0.29) is 36.8 Å². The van der Waals surface area contributed by atoms with Gasteiger partial charge in [-0.15, -0.1) is 24.8 Å². The van der Waals surface area contributed by atoms with Gasteiger partial charge >= 0.3 is 0 Å². The Morgan fingerprint density at radius 3 is 2.50 bits per heavy atom. The quantitative estimate of drug-likeness (QED) is 0.826. The van der Waals surface area contributed by atoms with Gasteiger partial charge in [0.05, 0.1) is 0 Å². The molecule has 22 heavy (non-hydrogen) atoms. The number of halogens is 2. The lowest BCUT2D eigenvalue weighted by molar-refractivity contribution is -0.131. The van der Waals surface area contributed by atoms with E-state index in [1.54, 1.807) is 0 Å². The largest absolute Gasteiger partial charge is 0.344 e. The van der Waals surface area contributed by atoms with Crippen molar-refractivity contribution in [3.8, 4) is 0 Å². The molecule has 6 heteroatoms. The summed E-state index contributed by atoms with van der Waals surface area (Å²) in [4.78, 5) is 16.8. The van der Waals surface area contributed by atoms with E-state index in [0.29, 0.717) is 18.4 Å². The number of amides is 1. The Morgan fingerprint density at radius 1 is 1.18 bits per heavy atom. The van der Waals surface area contributed by atoms with Crippen LogP contribution >= 0.6 is 24.8 Å². The molecule has 0 aromatic rings. The fourth-order valence-corrected chi connectivity index (χ4v) is 3.81. The van der Waals surface area contributed by atoms with E-state index in [2.05, 4.69) is 11.8 Å². The van der Waals surface area contributed by atoms with Gasteiger partial charge in [0.2, 0.25) is 5.91 Å². The third-order valence-corrected chi connectivity index (χ3v) is 5.22. The molecule has 2 aliphatic rings. The van der Waals surface area contributed by atoms with Gasteiger partial charge in [-0.2, -0.15) is 0 Å². The molecule has 3 unspecified atom stereocenters. The van der Waals surface area contributed by atoms with Gasteiger partial charge in [0.1, 0.15) is 0 Å². The van der Waals surface area contributed by atoms with Crippen LogP contribution in [-0.4, -0.2) is 54.5 Å². The van der Waals surface area contributed by atoms with Crippen molar-refractivity contribution in [2.24, 2.45) is 11.7 Å². The summed E-state index contributed by atoms with van der Waals surface area (Å²) in [7, 11) is 1.96. The first-order valence-electron chi connectivity index (χ1n) is 8.35. The van der Waals surface area contributed by atoms with Crippen molar-refractivity contribution in [3.05, 3.63) is 0 Å². The number of hydrogen-bond donors (Lipinski definition) is 1. The number of hydrogen-bond acceptors (Lipinski definition) is 3. The summed E-state index contributed by atoms with van der Waals surface area (Å²) in [6.45, 7) is 5.38. The number of carbonyl (C=O) groups excluding carboxylic acids is 1. The minimum Gasteiger partial charge on any atom is -0.344 e. The van der Waals surface area contributed by atoms with Crippen molar-refractivity contribution >= 4 is 30.7 Å². The Kier molecular flexibility index (Phi) is 10.7. The Labute approximate surface area is 148 Å². The standard InChI is InChI=1S/C16H31N3O.2ClH/c1-3-19-10-6-8-14(19)12-18(2)16(20)11-13-7-4-5-9-15(13)17;;/h13-15H,3-12,17H2,1-2H3;2*1H. The number of nitrogens with zero attached hydrogens (tertiary/aromatic N) is 2. The lowest BCUT2D eigenvalue weighted by Gasteiger charge is -2.31. The van der Waals surface area contributed by atoms with Crippen molar-refractivity contribution in [1.29, 1.82) is 0 Å². The molecule has 0 aromatic carbocycles. The molecule has 1 saturated carbocycles. The molecule has 0 spiro atoms. The second kappa shape index (κ2) is 10.7. The highest BCUT2D eigenvalue weighted by molar-refractivity contribution is 5.85. The molecule has 0 bridgehead atoms. The van der Waals surface area contributed by atoms with Crippen LogP contribution < -0.4 is 5.73 Å². The van der Waals surface area contributed by atoms with Gasteiger partial charge < -0.3 is 10.6 Å².